The van der Waals surface area contributed by atoms with E-state index in [1.807, 2.05) is 0 Å². The van der Waals surface area contributed by atoms with E-state index in [4.69, 9.17) is 20.9 Å². The third-order valence-electron chi connectivity index (χ3n) is 4.76. The summed E-state index contributed by atoms with van der Waals surface area (Å²) in [5.74, 6) is -2.08. The van der Waals surface area contributed by atoms with Gasteiger partial charge in [0.2, 0.25) is 5.78 Å². The quantitative estimate of drug-likeness (QED) is 0.175. The average Bonchev–Trinajstić information content (AvgIpc) is 3.10. The highest BCUT2D eigenvalue weighted by molar-refractivity contribution is 6.14. The summed E-state index contributed by atoms with van der Waals surface area (Å²) in [6.07, 6.45) is 1.99. The first-order chi connectivity index (χ1) is 16.2. The minimum atomic E-state index is -1.19. The van der Waals surface area contributed by atoms with Crippen LogP contribution in [0.25, 0.3) is 6.08 Å². The van der Waals surface area contributed by atoms with E-state index < -0.39 is 30.3 Å². The van der Waals surface area contributed by atoms with Crippen molar-refractivity contribution in [3.05, 3.63) is 65.2 Å². The fourth-order valence-corrected chi connectivity index (χ4v) is 3.11. The Bertz CT molecular complexity index is 1140. The third-order valence-corrected chi connectivity index (χ3v) is 4.76. The Labute approximate surface area is 194 Å². The Morgan fingerprint density at radius 3 is 2.62 bits per heavy atom. The van der Waals surface area contributed by atoms with Crippen LogP contribution in [0.3, 0.4) is 0 Å². The van der Waals surface area contributed by atoms with Crippen LogP contribution < -0.4 is 26.3 Å². The monoisotopic (exact) mass is 470 g/mol. The smallest absolute Gasteiger partial charge is 0.326 e. The molecule has 1 unspecified atom stereocenters. The first-order valence-electron chi connectivity index (χ1n) is 10.3. The van der Waals surface area contributed by atoms with Crippen LogP contribution in [0.2, 0.25) is 0 Å². The Morgan fingerprint density at radius 2 is 1.94 bits per heavy atom. The molecule has 0 bridgehead atoms. The van der Waals surface area contributed by atoms with Gasteiger partial charge in [0.25, 0.3) is 5.91 Å². The Morgan fingerprint density at radius 1 is 1.21 bits per heavy atom. The number of aliphatic carboxylic acids is 1. The minimum Gasteiger partial charge on any atom is -0.484 e. The van der Waals surface area contributed by atoms with Crippen LogP contribution in [-0.4, -0.2) is 47.9 Å². The number of carboxylic acids is 1. The lowest BCUT2D eigenvalue weighted by Crippen LogP contribution is -2.43. The molecule has 1 amide bonds. The van der Waals surface area contributed by atoms with E-state index in [2.05, 4.69) is 10.3 Å². The number of carboxylic acid groups (broad SMARTS) is 1. The molecule has 2 aromatic rings. The number of ether oxygens (including phenoxy) is 2. The van der Waals surface area contributed by atoms with Crippen molar-refractivity contribution >= 4 is 29.7 Å². The SMILES string of the molecule is NC(N)=NCCCC(NC(=O)COc1ccc2c(c1)OC(=Cc1ccc(F)cc1)C2=O)C(=O)O. The number of carbonyl (C=O) groups excluding carboxylic acids is 2. The number of hydrogen-bond acceptors (Lipinski definition) is 6. The molecule has 0 spiro atoms. The van der Waals surface area contributed by atoms with Gasteiger partial charge in [0.1, 0.15) is 23.4 Å². The number of Topliss-reactive ketones (excluding diaryl/α,β-unsaturated/α-hetero) is 1. The summed E-state index contributed by atoms with van der Waals surface area (Å²) < 4.78 is 24.1. The maximum absolute atomic E-state index is 13.1. The molecular weight excluding hydrogens is 447 g/mol. The van der Waals surface area contributed by atoms with Gasteiger partial charge in [-0.1, -0.05) is 12.1 Å². The lowest BCUT2D eigenvalue weighted by Gasteiger charge is -2.14. The summed E-state index contributed by atoms with van der Waals surface area (Å²) in [4.78, 5) is 39.8. The van der Waals surface area contributed by atoms with Gasteiger partial charge in [-0.2, -0.15) is 0 Å². The van der Waals surface area contributed by atoms with E-state index >= 15 is 0 Å². The van der Waals surface area contributed by atoms with E-state index in [-0.39, 0.29) is 42.0 Å². The molecule has 11 heteroatoms. The molecule has 0 fully saturated rings. The van der Waals surface area contributed by atoms with Crippen molar-refractivity contribution < 1.29 is 33.4 Å². The number of rotatable bonds is 10. The molecular formula is C23H23FN4O6. The molecule has 0 radical (unpaired) electrons. The molecule has 178 valence electrons. The summed E-state index contributed by atoms with van der Waals surface area (Å²) in [5, 5.41) is 11.7. The lowest BCUT2D eigenvalue weighted by molar-refractivity contribution is -0.142. The van der Waals surface area contributed by atoms with Gasteiger partial charge >= 0.3 is 5.97 Å². The summed E-state index contributed by atoms with van der Waals surface area (Å²) in [6.45, 7) is -0.202. The zero-order chi connectivity index (χ0) is 24.7. The van der Waals surface area contributed by atoms with Crippen LogP contribution in [0.4, 0.5) is 4.39 Å². The predicted octanol–water partition coefficient (Wildman–Crippen LogP) is 1.44. The summed E-state index contributed by atoms with van der Waals surface area (Å²) in [6, 6.07) is 8.91. The van der Waals surface area contributed by atoms with Crippen molar-refractivity contribution in [2.45, 2.75) is 18.9 Å². The van der Waals surface area contributed by atoms with Crippen molar-refractivity contribution in [3.63, 3.8) is 0 Å². The molecule has 1 aliphatic rings. The van der Waals surface area contributed by atoms with E-state index in [0.717, 1.165) is 0 Å². The van der Waals surface area contributed by atoms with Gasteiger partial charge in [-0.3, -0.25) is 14.6 Å². The fraction of sp³-hybridized carbons (Fsp3) is 0.217. The van der Waals surface area contributed by atoms with Crippen molar-refractivity contribution in [3.8, 4) is 11.5 Å². The molecule has 34 heavy (non-hydrogen) atoms. The molecule has 1 aliphatic heterocycles. The van der Waals surface area contributed by atoms with E-state index in [9.17, 15) is 23.9 Å². The molecule has 2 aromatic carbocycles. The summed E-state index contributed by atoms with van der Waals surface area (Å²) in [7, 11) is 0. The molecule has 0 aromatic heterocycles. The number of hydrogen-bond donors (Lipinski definition) is 4. The largest absolute Gasteiger partial charge is 0.484 e. The van der Waals surface area contributed by atoms with Crippen LogP contribution in [0.1, 0.15) is 28.8 Å². The first-order valence-corrected chi connectivity index (χ1v) is 10.3. The number of allylic oxidation sites excluding steroid dienone is 1. The molecule has 0 aliphatic carbocycles. The van der Waals surface area contributed by atoms with E-state index in [1.54, 1.807) is 0 Å². The molecule has 3 rings (SSSR count). The number of halogens is 1. The van der Waals surface area contributed by atoms with Gasteiger partial charge < -0.3 is 31.4 Å². The van der Waals surface area contributed by atoms with Crippen LogP contribution in [0, 0.1) is 5.82 Å². The molecule has 10 nitrogen and oxygen atoms in total. The summed E-state index contributed by atoms with van der Waals surface area (Å²) >= 11 is 0. The minimum absolute atomic E-state index is 0.0709. The van der Waals surface area contributed by atoms with Crippen LogP contribution in [0.5, 0.6) is 11.5 Å². The fourth-order valence-electron chi connectivity index (χ4n) is 3.11. The maximum atomic E-state index is 13.1. The number of carbonyl (C=O) groups is 3. The normalized spacial score (nSPS) is 14.1. The molecule has 1 heterocycles. The van der Waals surface area contributed by atoms with Gasteiger partial charge in [-0.15, -0.1) is 0 Å². The van der Waals surface area contributed by atoms with Crippen LogP contribution >= 0.6 is 0 Å². The van der Waals surface area contributed by atoms with Gasteiger partial charge in [-0.05, 0) is 48.7 Å². The number of aliphatic imine (C=N–C) groups is 1. The highest BCUT2D eigenvalue weighted by Gasteiger charge is 2.28. The number of nitrogens with two attached hydrogens (primary N) is 2. The zero-order valence-corrected chi connectivity index (χ0v) is 18.0. The maximum Gasteiger partial charge on any atom is 0.326 e. The Kier molecular flexibility index (Phi) is 7.80. The van der Waals surface area contributed by atoms with Gasteiger partial charge in [0, 0.05) is 12.6 Å². The van der Waals surface area contributed by atoms with Gasteiger partial charge in [0.05, 0.1) is 5.56 Å². The van der Waals surface area contributed by atoms with Crippen LogP contribution in [0.15, 0.2) is 53.2 Å². The number of nitrogens with zero attached hydrogens (tertiary/aromatic N) is 1. The third kappa shape index (κ3) is 6.55. The molecule has 0 saturated carbocycles. The van der Waals surface area contributed by atoms with Crippen molar-refractivity contribution in [1.29, 1.82) is 0 Å². The number of guanidine groups is 1. The second-order valence-corrected chi connectivity index (χ2v) is 7.35. The number of fused-ring (bicyclic) bond motifs is 1. The lowest BCUT2D eigenvalue weighted by atomic mass is 10.1. The number of ketones is 1. The molecule has 6 N–H and O–H groups in total. The van der Waals surface area contributed by atoms with Gasteiger partial charge in [-0.25, -0.2) is 9.18 Å². The molecule has 0 saturated heterocycles. The summed E-state index contributed by atoms with van der Waals surface area (Å²) in [5.41, 5.74) is 11.3. The molecule has 1 atom stereocenters. The van der Waals surface area contributed by atoms with Crippen molar-refractivity contribution in [1.82, 2.24) is 5.32 Å². The Balaban J connectivity index is 1.56. The number of benzene rings is 2. The van der Waals surface area contributed by atoms with Gasteiger partial charge in [0.15, 0.2) is 18.3 Å². The highest BCUT2D eigenvalue weighted by Crippen LogP contribution is 2.34. The topological polar surface area (TPSA) is 166 Å². The van der Waals surface area contributed by atoms with Crippen molar-refractivity contribution in [2.75, 3.05) is 13.2 Å². The Hall–Kier alpha value is -4.41. The second kappa shape index (κ2) is 10.9. The van der Waals surface area contributed by atoms with E-state index in [0.29, 0.717) is 17.5 Å². The van der Waals surface area contributed by atoms with E-state index in [1.165, 1.54) is 48.5 Å². The standard InChI is InChI=1S/C23H23FN4O6/c24-14-5-3-13(4-6-14)10-19-21(30)16-8-7-15(11-18(16)34-19)33-12-20(29)28-17(22(31)32)2-1-9-27-23(25)26/h3-8,10-11,17H,1-2,9,12H2,(H,28,29)(H,31,32)(H4,25,26,27). The second-order valence-electron chi connectivity index (χ2n) is 7.35. The number of amides is 1. The number of nitrogens with one attached hydrogen (secondary N) is 1. The zero-order valence-electron chi connectivity index (χ0n) is 18.0. The van der Waals surface area contributed by atoms with Crippen molar-refractivity contribution in [2.24, 2.45) is 16.5 Å². The highest BCUT2D eigenvalue weighted by atomic mass is 19.1. The first kappa shape index (κ1) is 24.2. The predicted molar refractivity (Wildman–Crippen MR) is 121 cm³/mol. The van der Waals surface area contributed by atoms with Crippen LogP contribution in [-0.2, 0) is 9.59 Å². The average molecular weight is 470 g/mol.